The van der Waals surface area contributed by atoms with Gasteiger partial charge in [0.25, 0.3) is 0 Å². The molecule has 268 valence electrons. The third-order valence-corrected chi connectivity index (χ3v) is 9.50. The van der Waals surface area contributed by atoms with E-state index in [9.17, 15) is 4.79 Å². The van der Waals surface area contributed by atoms with Crippen molar-refractivity contribution in [3.63, 3.8) is 0 Å². The van der Waals surface area contributed by atoms with Crippen molar-refractivity contribution in [3.05, 3.63) is 114 Å². The van der Waals surface area contributed by atoms with Crippen LogP contribution in [0.3, 0.4) is 0 Å². The van der Waals surface area contributed by atoms with Crippen LogP contribution in [0.5, 0.6) is 11.5 Å². The summed E-state index contributed by atoms with van der Waals surface area (Å²) in [5, 5.41) is 0. The van der Waals surface area contributed by atoms with Crippen molar-refractivity contribution in [2.24, 2.45) is 0 Å². The Morgan fingerprint density at radius 2 is 1.40 bits per heavy atom. The van der Waals surface area contributed by atoms with E-state index in [4.69, 9.17) is 34.1 Å². The molecule has 4 heterocycles. The fraction of sp³-hybridized carbons (Fsp3) is 0.325. The lowest BCUT2D eigenvalue weighted by atomic mass is 10.1. The van der Waals surface area contributed by atoms with Gasteiger partial charge in [-0.15, -0.1) is 0 Å². The first-order valence-electron chi connectivity index (χ1n) is 17.6. The van der Waals surface area contributed by atoms with E-state index in [1.54, 1.807) is 24.0 Å². The summed E-state index contributed by atoms with van der Waals surface area (Å²) in [6, 6.07) is 26.2. The Balaban J connectivity index is 1.18. The van der Waals surface area contributed by atoms with E-state index in [0.717, 1.165) is 45.9 Å². The van der Waals surface area contributed by atoms with Crippen LogP contribution in [0.4, 0.5) is 22.5 Å². The zero-order valence-corrected chi connectivity index (χ0v) is 29.9. The molecule has 0 atom stereocenters. The maximum atomic E-state index is 13.9. The number of hydrogen-bond acceptors (Lipinski definition) is 10. The number of fused-ring (bicyclic) bond motifs is 1. The lowest BCUT2D eigenvalue weighted by Gasteiger charge is -2.29. The monoisotopic (exact) mass is 700 g/mol. The van der Waals surface area contributed by atoms with Crippen molar-refractivity contribution in [2.75, 3.05) is 75.4 Å². The summed E-state index contributed by atoms with van der Waals surface area (Å²) in [6.45, 7) is 4.83. The molecule has 0 unspecified atom stereocenters. The maximum absolute atomic E-state index is 13.9. The van der Waals surface area contributed by atoms with E-state index in [2.05, 4.69) is 46.2 Å². The van der Waals surface area contributed by atoms with Gasteiger partial charge in [-0.05, 0) is 53.8 Å². The molecule has 0 saturated carbocycles. The van der Waals surface area contributed by atoms with E-state index < -0.39 is 0 Å². The van der Waals surface area contributed by atoms with E-state index in [1.165, 1.54) is 5.56 Å². The van der Waals surface area contributed by atoms with Gasteiger partial charge in [-0.3, -0.25) is 4.90 Å². The Bertz CT molecular complexity index is 1890. The SMILES string of the molecule is COc1ccc(CN(Cc2ccc(OC)cc2)c2ncc(-c3nc(N4CCOCC4)nc4c3CCN4C(=O)N(C)CCc3ccccc3)cn2)cc1. The number of carbonyl (C=O) groups is 1. The number of aromatic nitrogens is 4. The van der Waals surface area contributed by atoms with Gasteiger partial charge in [-0.1, -0.05) is 54.6 Å². The average Bonchev–Trinajstić information content (AvgIpc) is 3.64. The molecule has 2 aromatic heterocycles. The number of hydrogen-bond donors (Lipinski definition) is 0. The van der Waals surface area contributed by atoms with Crippen LogP contribution in [-0.4, -0.2) is 91.5 Å². The molecule has 1 fully saturated rings. The highest BCUT2D eigenvalue weighted by Gasteiger charge is 2.33. The normalized spacial score (nSPS) is 13.8. The van der Waals surface area contributed by atoms with Gasteiger partial charge in [0.15, 0.2) is 0 Å². The zero-order valence-electron chi connectivity index (χ0n) is 29.9. The first-order valence-corrected chi connectivity index (χ1v) is 17.6. The predicted octanol–water partition coefficient (Wildman–Crippen LogP) is 5.65. The van der Waals surface area contributed by atoms with Crippen LogP contribution in [0.2, 0.25) is 0 Å². The molecule has 1 saturated heterocycles. The Morgan fingerprint density at radius 3 is 2.00 bits per heavy atom. The highest BCUT2D eigenvalue weighted by atomic mass is 16.5. The number of urea groups is 1. The second kappa shape index (κ2) is 16.1. The van der Waals surface area contributed by atoms with Crippen molar-refractivity contribution in [3.8, 4) is 22.8 Å². The van der Waals surface area contributed by atoms with Gasteiger partial charge >= 0.3 is 6.03 Å². The second-order valence-corrected chi connectivity index (χ2v) is 12.9. The van der Waals surface area contributed by atoms with Crippen LogP contribution in [0, 0.1) is 0 Å². The summed E-state index contributed by atoms with van der Waals surface area (Å²) in [7, 11) is 5.18. The second-order valence-electron chi connectivity index (χ2n) is 12.9. The minimum absolute atomic E-state index is 0.0773. The average molecular weight is 701 g/mol. The molecule has 2 amide bonds. The van der Waals surface area contributed by atoms with Crippen LogP contribution < -0.4 is 24.2 Å². The van der Waals surface area contributed by atoms with Crippen LogP contribution in [0.25, 0.3) is 11.3 Å². The van der Waals surface area contributed by atoms with Crippen molar-refractivity contribution in [2.45, 2.75) is 25.9 Å². The molecule has 0 N–H and O–H groups in total. The first-order chi connectivity index (χ1) is 25.5. The highest BCUT2D eigenvalue weighted by molar-refractivity contribution is 5.94. The molecule has 0 bridgehead atoms. The van der Waals surface area contributed by atoms with E-state index in [0.29, 0.717) is 76.6 Å². The molecule has 0 radical (unpaired) electrons. The lowest BCUT2D eigenvalue weighted by Crippen LogP contribution is -2.42. The number of morpholine rings is 1. The first kappa shape index (κ1) is 34.7. The summed E-state index contributed by atoms with van der Waals surface area (Å²) >= 11 is 0. The van der Waals surface area contributed by atoms with E-state index in [-0.39, 0.29) is 6.03 Å². The van der Waals surface area contributed by atoms with Crippen LogP contribution >= 0.6 is 0 Å². The standard InChI is InChI=1S/C40H44N8O4/c1-45(19-17-29-7-5-4-6-8-29)40(49)48-20-18-35-36(43-39(44-37(35)48)46-21-23-52-24-22-46)32-25-41-38(42-26-32)47(27-30-9-13-33(50-2)14-10-30)28-31-11-15-34(51-3)16-12-31/h4-16,25-26H,17-24,27-28H2,1-3H3. The maximum Gasteiger partial charge on any atom is 0.325 e. The Kier molecular flexibility index (Phi) is 10.7. The minimum atomic E-state index is -0.0773. The molecule has 12 heteroatoms. The van der Waals surface area contributed by atoms with E-state index in [1.807, 2.05) is 61.9 Å². The highest BCUT2D eigenvalue weighted by Crippen LogP contribution is 2.36. The number of amides is 2. The smallest absolute Gasteiger partial charge is 0.325 e. The van der Waals surface area contributed by atoms with Gasteiger partial charge in [-0.2, -0.15) is 4.98 Å². The zero-order chi connectivity index (χ0) is 35.9. The number of benzene rings is 3. The van der Waals surface area contributed by atoms with Crippen molar-refractivity contribution >= 4 is 23.7 Å². The van der Waals surface area contributed by atoms with Gasteiger partial charge in [0.2, 0.25) is 11.9 Å². The molecule has 7 rings (SSSR count). The number of ether oxygens (including phenoxy) is 3. The molecule has 0 aliphatic carbocycles. The third-order valence-electron chi connectivity index (χ3n) is 9.50. The van der Waals surface area contributed by atoms with Gasteiger partial charge in [0, 0.05) is 69.8 Å². The molecule has 3 aromatic carbocycles. The van der Waals surface area contributed by atoms with E-state index >= 15 is 0 Å². The van der Waals surface area contributed by atoms with Crippen molar-refractivity contribution in [1.29, 1.82) is 0 Å². The summed E-state index contributed by atoms with van der Waals surface area (Å²) in [6.07, 6.45) is 5.07. The number of carbonyl (C=O) groups excluding carboxylic acids is 1. The summed E-state index contributed by atoms with van der Waals surface area (Å²) < 4.78 is 16.4. The Labute approximate surface area is 304 Å². The van der Waals surface area contributed by atoms with Crippen LogP contribution in [0.15, 0.2) is 91.3 Å². The number of methoxy groups -OCH3 is 2. The lowest BCUT2D eigenvalue weighted by molar-refractivity contribution is 0.122. The topological polar surface area (TPSA) is 109 Å². The largest absolute Gasteiger partial charge is 0.497 e. The number of anilines is 3. The molecule has 2 aliphatic rings. The van der Waals surface area contributed by atoms with Gasteiger partial charge in [-0.25, -0.2) is 19.7 Å². The predicted molar refractivity (Wildman–Crippen MR) is 201 cm³/mol. The summed E-state index contributed by atoms with van der Waals surface area (Å²) in [5.74, 6) is 3.42. The summed E-state index contributed by atoms with van der Waals surface area (Å²) in [5.41, 5.74) is 5.84. The number of rotatable bonds is 12. The van der Waals surface area contributed by atoms with Gasteiger partial charge in [0.1, 0.15) is 17.3 Å². The fourth-order valence-electron chi connectivity index (χ4n) is 6.52. The number of likely N-dealkylation sites (N-methyl/N-ethyl adjacent to an activating group) is 1. The molecular formula is C40H44N8O4. The van der Waals surface area contributed by atoms with Gasteiger partial charge < -0.3 is 28.9 Å². The molecule has 52 heavy (non-hydrogen) atoms. The Morgan fingerprint density at radius 1 is 0.788 bits per heavy atom. The van der Waals surface area contributed by atoms with Crippen molar-refractivity contribution < 1.29 is 19.0 Å². The number of nitrogens with zero attached hydrogens (tertiary/aromatic N) is 8. The Hall–Kier alpha value is -5.75. The van der Waals surface area contributed by atoms with Gasteiger partial charge in [0.05, 0.1) is 33.1 Å². The van der Waals surface area contributed by atoms with Crippen molar-refractivity contribution in [1.82, 2.24) is 24.8 Å². The summed E-state index contributed by atoms with van der Waals surface area (Å²) in [4.78, 5) is 41.6. The quantitative estimate of drug-likeness (QED) is 0.162. The molecule has 0 spiro atoms. The molecule has 12 nitrogen and oxygen atoms in total. The molecule has 2 aliphatic heterocycles. The molecular weight excluding hydrogens is 656 g/mol. The van der Waals surface area contributed by atoms with Crippen LogP contribution in [-0.2, 0) is 30.7 Å². The third kappa shape index (κ3) is 7.92. The fourth-order valence-corrected chi connectivity index (χ4v) is 6.52. The minimum Gasteiger partial charge on any atom is -0.497 e. The van der Waals surface area contributed by atoms with Crippen LogP contribution in [0.1, 0.15) is 22.3 Å². The molecule has 5 aromatic rings.